The summed E-state index contributed by atoms with van der Waals surface area (Å²) >= 11 is 0. The Balaban J connectivity index is 0.000000316. The van der Waals surface area contributed by atoms with Crippen LogP contribution in [0.5, 0.6) is 11.5 Å². The van der Waals surface area contributed by atoms with Gasteiger partial charge in [0.05, 0.1) is 5.41 Å². The lowest BCUT2D eigenvalue weighted by atomic mass is 9.68. The van der Waals surface area contributed by atoms with Gasteiger partial charge >= 0.3 is 0 Å². The van der Waals surface area contributed by atoms with Crippen LogP contribution < -0.4 is 0 Å². The van der Waals surface area contributed by atoms with E-state index in [2.05, 4.69) is 76.2 Å². The maximum absolute atomic E-state index is 11.0. The summed E-state index contributed by atoms with van der Waals surface area (Å²) in [5.41, 5.74) is 6.54. The van der Waals surface area contributed by atoms with Crippen LogP contribution in [-0.2, 0) is 15.5 Å². The largest absolute Gasteiger partial charge is 0.508 e. The van der Waals surface area contributed by atoms with Gasteiger partial charge in [-0.1, -0.05) is 177 Å². The van der Waals surface area contributed by atoms with Gasteiger partial charge in [0.25, 0.3) is 10.1 Å². The Morgan fingerprint density at radius 1 is 0.490 bits per heavy atom. The van der Waals surface area contributed by atoms with Crippen molar-refractivity contribution in [2.75, 3.05) is 0 Å². The maximum Gasteiger partial charge on any atom is 0.295 e. The van der Waals surface area contributed by atoms with Crippen molar-refractivity contribution in [1.82, 2.24) is 0 Å². The van der Waals surface area contributed by atoms with Gasteiger partial charge in [0, 0.05) is 5.39 Å². The molecule has 1 aliphatic carbocycles. The second-order valence-electron chi connectivity index (χ2n) is 11.3. The van der Waals surface area contributed by atoms with Crippen molar-refractivity contribution in [3.05, 3.63) is 162 Å². The minimum Gasteiger partial charge on any atom is -0.508 e. The summed E-state index contributed by atoms with van der Waals surface area (Å²) in [6, 6.07) is 43.6. The number of hydrogen-bond acceptors (Lipinski definition) is 4. The van der Waals surface area contributed by atoms with E-state index in [1.165, 1.54) is 41.2 Å². The van der Waals surface area contributed by atoms with Crippen LogP contribution in [0.3, 0.4) is 0 Å². The highest BCUT2D eigenvalue weighted by Gasteiger charge is 2.45. The highest BCUT2D eigenvalue weighted by molar-refractivity contribution is 7.86. The van der Waals surface area contributed by atoms with E-state index in [0.717, 1.165) is 16.5 Å². The van der Waals surface area contributed by atoms with E-state index in [1.807, 2.05) is 58.0 Å². The molecular weight excluding hydrogens is 653 g/mol. The fourth-order valence-corrected chi connectivity index (χ4v) is 6.58. The van der Waals surface area contributed by atoms with E-state index in [9.17, 15) is 18.6 Å². The fourth-order valence-electron chi connectivity index (χ4n) is 5.87. The zero-order chi connectivity index (χ0) is 38.0. The van der Waals surface area contributed by atoms with Gasteiger partial charge in [-0.15, -0.1) is 0 Å². The third-order valence-electron chi connectivity index (χ3n) is 7.58. The first-order valence-electron chi connectivity index (χ1n) is 17.9. The zero-order valence-corrected chi connectivity index (χ0v) is 32.1. The molecule has 5 nitrogen and oxygen atoms in total. The van der Waals surface area contributed by atoms with Gasteiger partial charge in [0.15, 0.2) is 0 Å². The molecule has 0 bridgehead atoms. The summed E-state index contributed by atoms with van der Waals surface area (Å²) in [6.07, 6.45) is 2.50. The van der Waals surface area contributed by atoms with E-state index >= 15 is 0 Å². The van der Waals surface area contributed by atoms with Crippen molar-refractivity contribution in [2.24, 2.45) is 0 Å². The second-order valence-corrected chi connectivity index (χ2v) is 12.7. The lowest BCUT2D eigenvalue weighted by Crippen LogP contribution is -2.28. The molecule has 0 aliphatic heterocycles. The average molecular weight is 707 g/mol. The fraction of sp³-hybridized carbons (Fsp3) is 0.244. The third kappa shape index (κ3) is 9.87. The molecule has 0 aromatic heterocycles. The van der Waals surface area contributed by atoms with Crippen molar-refractivity contribution < 1.29 is 23.2 Å². The van der Waals surface area contributed by atoms with Gasteiger partial charge in [0.1, 0.15) is 16.4 Å². The lowest BCUT2D eigenvalue weighted by molar-refractivity contribution is 0.474. The van der Waals surface area contributed by atoms with Crippen LogP contribution in [0.4, 0.5) is 0 Å². The standard InChI is InChI=1S/C25H18O2.C10H8O3S.2C3H8.2C2H6/c26-19-13-9-17(10-14-19)25(18-11-15-20(27)16-12-18)23-7-3-1-5-21(23)22-6-2-4-8-24(22)25;11-14(12,13)10-7-3-5-8-4-1-2-6-9(8)10;2*1-3-2;2*1-2/h1-16,26-27H;1-7H,(H,11,12,13);2*3H2,1-2H3;2*1-2H3. The molecule has 0 fully saturated rings. The van der Waals surface area contributed by atoms with Crippen molar-refractivity contribution in [3.63, 3.8) is 0 Å². The summed E-state index contributed by atoms with van der Waals surface area (Å²) in [6.45, 7) is 16.5. The van der Waals surface area contributed by atoms with Gasteiger partial charge in [-0.25, -0.2) is 0 Å². The van der Waals surface area contributed by atoms with Gasteiger partial charge in [-0.2, -0.15) is 8.42 Å². The molecule has 0 spiro atoms. The normalized spacial score (nSPS) is 11.5. The molecule has 0 saturated heterocycles. The molecule has 0 radical (unpaired) electrons. The predicted octanol–water partition coefficient (Wildman–Crippen LogP) is 12.4. The number of aromatic hydroxyl groups is 2. The van der Waals surface area contributed by atoms with E-state index in [4.69, 9.17) is 4.55 Å². The summed E-state index contributed by atoms with van der Waals surface area (Å²) in [4.78, 5) is -0.0457. The Hall–Kier alpha value is -4.91. The summed E-state index contributed by atoms with van der Waals surface area (Å²) in [5.74, 6) is 0.498. The van der Waals surface area contributed by atoms with Crippen LogP contribution in [-0.4, -0.2) is 23.2 Å². The van der Waals surface area contributed by atoms with Gasteiger partial charge in [-0.3, -0.25) is 4.55 Å². The number of hydrogen-bond donors (Lipinski definition) is 3. The van der Waals surface area contributed by atoms with Gasteiger partial charge in [-0.05, 0) is 69.1 Å². The molecular formula is C45H54O5S. The summed E-state index contributed by atoms with van der Waals surface area (Å²) < 4.78 is 31.0. The second kappa shape index (κ2) is 20.7. The Morgan fingerprint density at radius 3 is 1.25 bits per heavy atom. The number of phenols is 2. The minimum absolute atomic E-state index is 0.0457. The van der Waals surface area contributed by atoms with Crippen LogP contribution >= 0.6 is 0 Å². The summed E-state index contributed by atoms with van der Waals surface area (Å²) in [5, 5.41) is 21.0. The Labute approximate surface area is 306 Å². The lowest BCUT2D eigenvalue weighted by Gasteiger charge is -2.33. The van der Waals surface area contributed by atoms with Crippen molar-refractivity contribution in [3.8, 4) is 22.6 Å². The van der Waals surface area contributed by atoms with E-state index in [0.29, 0.717) is 5.39 Å². The molecule has 3 N–H and O–H groups in total. The van der Waals surface area contributed by atoms with Crippen LogP contribution in [0.2, 0.25) is 0 Å². The number of benzene rings is 6. The quantitative estimate of drug-likeness (QED) is 0.159. The third-order valence-corrected chi connectivity index (χ3v) is 8.49. The van der Waals surface area contributed by atoms with Crippen molar-refractivity contribution in [2.45, 2.75) is 78.5 Å². The molecule has 1 aliphatic rings. The van der Waals surface area contributed by atoms with Crippen molar-refractivity contribution >= 4 is 20.9 Å². The van der Waals surface area contributed by atoms with Gasteiger partial charge < -0.3 is 10.2 Å². The SMILES string of the molecule is CC.CC.CCC.CCC.O=S(=O)(O)c1cccc2ccccc12.Oc1ccc(C2(c3ccc(O)cc3)c3ccccc3-c3ccccc32)cc1. The number of fused-ring (bicyclic) bond motifs is 4. The van der Waals surface area contributed by atoms with Gasteiger partial charge in [0.2, 0.25) is 0 Å². The van der Waals surface area contributed by atoms with Crippen LogP contribution in [0.15, 0.2) is 144 Å². The monoisotopic (exact) mass is 706 g/mol. The highest BCUT2D eigenvalue weighted by atomic mass is 32.2. The first-order valence-corrected chi connectivity index (χ1v) is 19.3. The zero-order valence-electron chi connectivity index (χ0n) is 31.3. The average Bonchev–Trinajstić information content (AvgIpc) is 3.45. The maximum atomic E-state index is 11.0. The molecule has 0 atom stereocenters. The first kappa shape index (κ1) is 42.3. The number of phenolic OH excluding ortho intramolecular Hbond substituents is 2. The first-order chi connectivity index (χ1) is 24.6. The van der Waals surface area contributed by atoms with Crippen LogP contribution in [0, 0.1) is 0 Å². The van der Waals surface area contributed by atoms with E-state index in [1.54, 1.807) is 54.6 Å². The Morgan fingerprint density at radius 2 is 0.843 bits per heavy atom. The topological polar surface area (TPSA) is 94.8 Å². The molecule has 6 aromatic rings. The Bertz CT molecular complexity index is 1920. The molecule has 270 valence electrons. The molecule has 7 rings (SSSR count). The van der Waals surface area contributed by atoms with Crippen LogP contribution in [0.1, 0.15) is 90.5 Å². The minimum atomic E-state index is -4.13. The highest BCUT2D eigenvalue weighted by Crippen LogP contribution is 2.56. The van der Waals surface area contributed by atoms with Crippen LogP contribution in [0.25, 0.3) is 21.9 Å². The molecule has 0 saturated carbocycles. The predicted molar refractivity (Wildman–Crippen MR) is 215 cm³/mol. The summed E-state index contributed by atoms with van der Waals surface area (Å²) in [7, 11) is -4.13. The van der Waals surface area contributed by atoms with E-state index in [-0.39, 0.29) is 16.4 Å². The van der Waals surface area contributed by atoms with Crippen molar-refractivity contribution in [1.29, 1.82) is 0 Å². The molecule has 51 heavy (non-hydrogen) atoms. The Kier molecular flexibility index (Phi) is 17.1. The smallest absolute Gasteiger partial charge is 0.295 e. The molecule has 0 amide bonds. The molecule has 0 heterocycles. The van der Waals surface area contributed by atoms with E-state index < -0.39 is 15.5 Å². The molecule has 0 unspecified atom stereocenters. The molecule has 6 aromatic carbocycles. The molecule has 6 heteroatoms. The number of rotatable bonds is 3.